The van der Waals surface area contributed by atoms with Gasteiger partial charge in [0.1, 0.15) is 42.4 Å². The van der Waals surface area contributed by atoms with Crippen molar-refractivity contribution in [3.8, 4) is 0 Å². The van der Waals surface area contributed by atoms with E-state index >= 15 is 0 Å². The number of ether oxygens (including phenoxy) is 3. The van der Waals surface area contributed by atoms with Crippen molar-refractivity contribution >= 4 is 56.1 Å². The number of phosphoric ester groups is 1. The number of carbonyl (C=O) groups excluding carboxylic acids is 1. The number of allylic oxidation sites excluding steroid dienone is 1. The van der Waals surface area contributed by atoms with Crippen LogP contribution in [0.3, 0.4) is 0 Å². The molecule has 4 aromatic rings. The first-order valence-electron chi connectivity index (χ1n) is 16.9. The van der Waals surface area contributed by atoms with Gasteiger partial charge in [0.2, 0.25) is 12.7 Å². The standard InChI is InChI=1S/C30H38N10O13P2/c1-29(2,3)27(43)47-12-50-55(45)49-8-30-6-5-13(30)17(39-10-35-15-22(31)33-9-34-23(15)39)18(41)21(30)52-54(44)48-7-14-19(46-4)20(53-55)26(51-14)40-11-36-16-24(40)37-28(32)38-25(16)42/h5-6,9-11,13-14,17-21,26,41,54H,7-8,12H2,1-4H3,(H2,31,33,34)(H3,32,37,38,42). The first kappa shape index (κ1) is 37.8. The molecule has 11 unspecified atom stereocenters. The summed E-state index contributed by atoms with van der Waals surface area (Å²) in [6, 6.07) is -0.825. The summed E-state index contributed by atoms with van der Waals surface area (Å²) in [6.07, 6.45) is -0.153. The number of H-pyrrole nitrogens is 1. The highest BCUT2D eigenvalue weighted by molar-refractivity contribution is 7.48. The minimum atomic E-state index is -4.87. The van der Waals surface area contributed by atoms with Crippen LogP contribution in [0, 0.1) is 16.7 Å². The Balaban J connectivity index is 1.18. The van der Waals surface area contributed by atoms with Crippen molar-refractivity contribution in [1.82, 2.24) is 39.0 Å². The summed E-state index contributed by atoms with van der Waals surface area (Å²) < 4.78 is 78.4. The number of aromatic nitrogens is 8. The van der Waals surface area contributed by atoms with Gasteiger partial charge in [-0.25, -0.2) is 29.0 Å². The van der Waals surface area contributed by atoms with Crippen LogP contribution in [0.4, 0.5) is 11.8 Å². The molecule has 2 aliphatic heterocycles. The van der Waals surface area contributed by atoms with E-state index < -0.39 is 107 Å². The normalized spacial score (nSPS) is 35.0. The van der Waals surface area contributed by atoms with Gasteiger partial charge in [0, 0.05) is 13.0 Å². The molecule has 0 amide bonds. The number of hydrogen-bond donors (Lipinski definition) is 4. The first-order chi connectivity index (χ1) is 26.1. The van der Waals surface area contributed by atoms with E-state index in [0.717, 1.165) is 0 Å². The van der Waals surface area contributed by atoms with Crippen LogP contribution >= 0.6 is 16.1 Å². The minimum absolute atomic E-state index is 0.0145. The van der Waals surface area contributed by atoms with Gasteiger partial charge < -0.3 is 44.4 Å². The summed E-state index contributed by atoms with van der Waals surface area (Å²) in [4.78, 5) is 48.6. The third-order valence-electron chi connectivity index (χ3n) is 10.1. The monoisotopic (exact) mass is 808 g/mol. The minimum Gasteiger partial charge on any atom is -0.437 e. The summed E-state index contributed by atoms with van der Waals surface area (Å²) in [5.74, 6) is -1.38. The number of fused-ring (bicyclic) bond motifs is 4. The molecule has 2 bridgehead atoms. The number of anilines is 2. The van der Waals surface area contributed by atoms with Crippen molar-refractivity contribution in [2.24, 2.45) is 16.7 Å². The predicted molar refractivity (Wildman–Crippen MR) is 187 cm³/mol. The highest BCUT2D eigenvalue weighted by Crippen LogP contribution is 2.63. The molecular weight excluding hydrogens is 770 g/mol. The number of hydrogen-bond acceptors (Lipinski definition) is 20. The van der Waals surface area contributed by atoms with Gasteiger partial charge in [-0.15, -0.1) is 0 Å². The number of aromatic amines is 1. The molecule has 6 heterocycles. The second kappa shape index (κ2) is 13.8. The number of phosphoric acid groups is 1. The van der Waals surface area contributed by atoms with Gasteiger partial charge in [-0.1, -0.05) is 12.2 Å². The summed E-state index contributed by atoms with van der Waals surface area (Å²) in [5.41, 5.74) is 9.50. The van der Waals surface area contributed by atoms with Gasteiger partial charge in [-0.2, -0.15) is 4.98 Å². The molecule has 0 radical (unpaired) electrons. The van der Waals surface area contributed by atoms with Gasteiger partial charge in [-0.05, 0) is 20.8 Å². The van der Waals surface area contributed by atoms with E-state index in [-0.39, 0.29) is 22.9 Å². The second-order valence-electron chi connectivity index (χ2n) is 14.4. The third-order valence-corrected chi connectivity index (χ3v) is 12.3. The lowest BCUT2D eigenvalue weighted by Gasteiger charge is -2.42. The van der Waals surface area contributed by atoms with Crippen molar-refractivity contribution in [2.75, 3.05) is 38.6 Å². The van der Waals surface area contributed by atoms with Crippen molar-refractivity contribution in [3.05, 3.63) is 41.5 Å². The summed E-state index contributed by atoms with van der Waals surface area (Å²) in [7, 11) is -6.96. The lowest BCUT2D eigenvalue weighted by atomic mass is 9.68. The van der Waals surface area contributed by atoms with Crippen LogP contribution in [0.1, 0.15) is 33.0 Å². The number of rotatable bonds is 6. The maximum Gasteiger partial charge on any atom is 0.478 e. The first-order valence-corrected chi connectivity index (χ1v) is 19.6. The molecule has 4 aliphatic rings. The Morgan fingerprint density at radius 2 is 1.93 bits per heavy atom. The molecular formula is C30H38N10O13P2. The van der Waals surface area contributed by atoms with Crippen molar-refractivity contribution in [2.45, 2.75) is 63.6 Å². The van der Waals surface area contributed by atoms with E-state index in [0.29, 0.717) is 11.2 Å². The number of esters is 1. The fourth-order valence-electron chi connectivity index (χ4n) is 7.39. The number of carbonyl (C=O) groups is 1. The smallest absolute Gasteiger partial charge is 0.437 e. The molecule has 25 heteroatoms. The lowest BCUT2D eigenvalue weighted by molar-refractivity contribution is -0.161. The summed E-state index contributed by atoms with van der Waals surface area (Å²) >= 11 is 0. The number of aliphatic hydroxyl groups is 1. The molecule has 23 nitrogen and oxygen atoms in total. The van der Waals surface area contributed by atoms with Crippen LogP contribution in [0.2, 0.25) is 0 Å². The van der Waals surface area contributed by atoms with Gasteiger partial charge in [0.05, 0.1) is 42.7 Å². The van der Waals surface area contributed by atoms with Crippen molar-refractivity contribution in [3.63, 3.8) is 0 Å². The number of aliphatic hydroxyl groups excluding tert-OH is 1. The Morgan fingerprint density at radius 1 is 1.16 bits per heavy atom. The Bertz CT molecular complexity index is 2310. The van der Waals surface area contributed by atoms with Crippen molar-refractivity contribution < 1.29 is 55.9 Å². The zero-order valence-corrected chi connectivity index (χ0v) is 31.6. The fraction of sp³-hybridized carbons (Fsp3) is 0.567. The number of imidazole rings is 2. The molecule has 1 spiro atoms. The molecule has 2 aliphatic carbocycles. The zero-order chi connectivity index (χ0) is 39.0. The van der Waals surface area contributed by atoms with Crippen LogP contribution in [0.5, 0.6) is 0 Å². The summed E-state index contributed by atoms with van der Waals surface area (Å²) in [6.45, 7) is 3.09. The van der Waals surface area contributed by atoms with E-state index in [1.807, 2.05) is 0 Å². The van der Waals surface area contributed by atoms with Crippen LogP contribution in [-0.4, -0.2) is 108 Å². The number of nitrogens with two attached hydrogens (primary N) is 2. The molecule has 11 atom stereocenters. The quantitative estimate of drug-likeness (QED) is 0.0914. The number of nitrogens with zero attached hydrogens (tertiary/aromatic N) is 7. The van der Waals surface area contributed by atoms with E-state index in [2.05, 4.69) is 29.9 Å². The highest BCUT2D eigenvalue weighted by Gasteiger charge is 2.65. The van der Waals surface area contributed by atoms with E-state index in [1.165, 1.54) is 30.7 Å². The fourth-order valence-corrected chi connectivity index (χ4v) is 9.61. The molecule has 1 saturated carbocycles. The largest absolute Gasteiger partial charge is 0.478 e. The van der Waals surface area contributed by atoms with Crippen LogP contribution < -0.4 is 17.0 Å². The van der Waals surface area contributed by atoms with Crippen LogP contribution in [0.15, 0.2) is 35.9 Å². The SMILES string of the molecule is COC1C2CO[PH](=O)OC3C(O)C(n4cnc5c(N)ncnc54)C4C=CC43COP(=O)(OCOC(=O)C(C)(C)C)OC1C(n1cnc3c(=O)[nH]c(N)nc31)O2. The zero-order valence-electron chi connectivity index (χ0n) is 29.7. The third kappa shape index (κ3) is 6.37. The van der Waals surface area contributed by atoms with E-state index in [4.69, 9.17) is 48.3 Å². The van der Waals surface area contributed by atoms with Crippen molar-refractivity contribution in [1.29, 1.82) is 0 Å². The Kier molecular flexibility index (Phi) is 9.47. The number of nitrogen functional groups attached to an aromatic ring is 2. The van der Waals surface area contributed by atoms with Gasteiger partial charge in [-0.3, -0.25) is 32.8 Å². The lowest BCUT2D eigenvalue weighted by Crippen LogP contribution is -2.45. The molecule has 8 rings (SSSR count). The van der Waals surface area contributed by atoms with E-state index in [1.54, 1.807) is 37.5 Å². The maximum atomic E-state index is 14.9. The molecule has 0 aromatic carbocycles. The molecule has 55 heavy (non-hydrogen) atoms. The average Bonchev–Trinajstić information content (AvgIpc) is 3.85. The maximum absolute atomic E-state index is 14.9. The van der Waals surface area contributed by atoms with E-state index in [9.17, 15) is 23.8 Å². The van der Waals surface area contributed by atoms with Gasteiger partial charge >= 0.3 is 22.0 Å². The Hall–Kier alpha value is -4.15. The van der Waals surface area contributed by atoms with Gasteiger partial charge in [0.25, 0.3) is 5.56 Å². The van der Waals surface area contributed by atoms with Gasteiger partial charge in [0.15, 0.2) is 28.9 Å². The molecule has 4 aromatic heterocycles. The molecule has 3 fully saturated rings. The van der Waals surface area contributed by atoms with Crippen LogP contribution in [0.25, 0.3) is 22.3 Å². The number of methoxy groups -OCH3 is 1. The number of nitrogens with one attached hydrogen (secondary N) is 1. The topological polar surface area (TPSA) is 304 Å². The Morgan fingerprint density at radius 3 is 2.65 bits per heavy atom. The summed E-state index contributed by atoms with van der Waals surface area (Å²) in [5, 5.41) is 11.9. The molecule has 2 saturated heterocycles. The molecule has 6 N–H and O–H groups in total. The Labute approximate surface area is 311 Å². The highest BCUT2D eigenvalue weighted by atomic mass is 31.2. The second-order valence-corrected chi connectivity index (χ2v) is 17.1. The molecule has 296 valence electrons. The predicted octanol–water partition coefficient (Wildman–Crippen LogP) is 1.00. The van der Waals surface area contributed by atoms with Crippen LogP contribution in [-0.2, 0) is 50.8 Å². The average molecular weight is 809 g/mol.